The first-order chi connectivity index (χ1) is 11.7. The minimum atomic E-state index is 0.573. The summed E-state index contributed by atoms with van der Waals surface area (Å²) in [6.07, 6.45) is 1.20. The summed E-state index contributed by atoms with van der Waals surface area (Å²) in [7, 11) is 3.33. The molecule has 5 nitrogen and oxygen atoms in total. The lowest BCUT2D eigenvalue weighted by atomic mass is 10.2. The molecule has 0 spiro atoms. The van der Waals surface area contributed by atoms with Crippen molar-refractivity contribution in [3.63, 3.8) is 0 Å². The molecule has 0 aromatic heterocycles. The van der Waals surface area contributed by atoms with Crippen LogP contribution >= 0.6 is 11.8 Å². The summed E-state index contributed by atoms with van der Waals surface area (Å²) in [5.41, 5.74) is 1.03. The number of hydrogen-bond donors (Lipinski definition) is 1. The number of methoxy groups -OCH3 is 2. The van der Waals surface area contributed by atoms with Gasteiger partial charge in [0.05, 0.1) is 20.8 Å². The lowest BCUT2D eigenvalue weighted by Crippen LogP contribution is -2.48. The van der Waals surface area contributed by atoms with Gasteiger partial charge in [-0.25, -0.2) is 4.99 Å². The zero-order chi connectivity index (χ0) is 17.4. The molecule has 0 amide bonds. The summed E-state index contributed by atoms with van der Waals surface area (Å²) in [6.45, 7) is 7.91. The van der Waals surface area contributed by atoms with Crippen LogP contribution in [0, 0.1) is 0 Å². The van der Waals surface area contributed by atoms with Crippen molar-refractivity contribution in [3.8, 4) is 11.5 Å². The van der Waals surface area contributed by atoms with Gasteiger partial charge in [0.25, 0.3) is 0 Å². The minimum absolute atomic E-state index is 0.573. The van der Waals surface area contributed by atoms with Crippen molar-refractivity contribution in [1.82, 2.24) is 10.2 Å². The summed E-state index contributed by atoms with van der Waals surface area (Å²) in [5.74, 6) is 3.66. The second-order valence-electron chi connectivity index (χ2n) is 5.67. The van der Waals surface area contributed by atoms with Gasteiger partial charge < -0.3 is 19.7 Å². The first kappa shape index (κ1) is 18.8. The minimum Gasteiger partial charge on any atom is -0.493 e. The van der Waals surface area contributed by atoms with Crippen LogP contribution in [0.2, 0.25) is 0 Å². The monoisotopic (exact) mass is 351 g/mol. The highest BCUT2D eigenvalue weighted by atomic mass is 32.2. The number of thioether (sulfide) groups is 1. The molecule has 1 N–H and O–H groups in total. The van der Waals surface area contributed by atoms with E-state index in [1.807, 2.05) is 18.2 Å². The van der Waals surface area contributed by atoms with E-state index in [0.29, 0.717) is 11.8 Å². The molecule has 1 aliphatic heterocycles. The van der Waals surface area contributed by atoms with Crippen LogP contribution in [-0.2, 0) is 6.54 Å². The average Bonchev–Trinajstić information content (AvgIpc) is 2.64. The van der Waals surface area contributed by atoms with E-state index in [-0.39, 0.29) is 0 Å². The lowest BCUT2D eigenvalue weighted by Gasteiger charge is -2.34. The molecule has 1 aromatic carbocycles. The predicted molar refractivity (Wildman–Crippen MR) is 102 cm³/mol. The van der Waals surface area contributed by atoms with Gasteiger partial charge in [0.1, 0.15) is 0 Å². The zero-order valence-corrected chi connectivity index (χ0v) is 16.0. The Morgan fingerprint density at radius 2 is 2.17 bits per heavy atom. The first-order valence-electron chi connectivity index (χ1n) is 8.58. The number of hydrogen-bond acceptors (Lipinski definition) is 4. The predicted octanol–water partition coefficient (Wildman–Crippen LogP) is 3.00. The van der Waals surface area contributed by atoms with Crippen molar-refractivity contribution in [3.05, 3.63) is 23.8 Å². The zero-order valence-electron chi connectivity index (χ0n) is 15.2. The van der Waals surface area contributed by atoms with Gasteiger partial charge in [-0.1, -0.05) is 19.1 Å². The maximum atomic E-state index is 5.51. The van der Waals surface area contributed by atoms with Gasteiger partial charge in [0.15, 0.2) is 17.5 Å². The van der Waals surface area contributed by atoms with Crippen LogP contribution in [0.25, 0.3) is 0 Å². The van der Waals surface area contributed by atoms with Gasteiger partial charge in [-0.15, -0.1) is 0 Å². The van der Waals surface area contributed by atoms with E-state index in [1.165, 1.54) is 6.42 Å². The third kappa shape index (κ3) is 4.72. The number of nitrogens with one attached hydrogen (secondary N) is 1. The summed E-state index contributed by atoms with van der Waals surface area (Å²) in [4.78, 5) is 7.22. The van der Waals surface area contributed by atoms with E-state index in [1.54, 1.807) is 14.2 Å². The highest BCUT2D eigenvalue weighted by molar-refractivity contribution is 8.00. The number of aliphatic imine (C=N–C) groups is 1. The van der Waals surface area contributed by atoms with Gasteiger partial charge >= 0.3 is 0 Å². The normalized spacial score (nSPS) is 18.4. The third-order valence-electron chi connectivity index (χ3n) is 4.11. The second-order valence-corrected chi connectivity index (χ2v) is 7.08. The first-order valence-corrected chi connectivity index (χ1v) is 9.63. The Balaban J connectivity index is 2.16. The Bertz CT molecular complexity index is 551. The van der Waals surface area contributed by atoms with Gasteiger partial charge in [0, 0.05) is 36.2 Å². The van der Waals surface area contributed by atoms with Crippen LogP contribution in [0.4, 0.5) is 0 Å². The molecule has 1 aromatic rings. The molecule has 1 heterocycles. The number of benzene rings is 1. The molecular formula is C18H29N3O2S. The van der Waals surface area contributed by atoms with E-state index < -0.39 is 0 Å². The molecule has 2 rings (SSSR count). The van der Waals surface area contributed by atoms with Gasteiger partial charge in [-0.3, -0.25) is 0 Å². The van der Waals surface area contributed by atoms with Crippen molar-refractivity contribution < 1.29 is 9.47 Å². The van der Waals surface area contributed by atoms with Crippen LogP contribution in [-0.4, -0.2) is 55.7 Å². The van der Waals surface area contributed by atoms with Crippen molar-refractivity contribution >= 4 is 17.7 Å². The number of rotatable bonds is 6. The highest BCUT2D eigenvalue weighted by Gasteiger charge is 2.21. The van der Waals surface area contributed by atoms with Crippen LogP contribution in [0.3, 0.4) is 0 Å². The smallest absolute Gasteiger partial charge is 0.194 e. The van der Waals surface area contributed by atoms with E-state index in [4.69, 9.17) is 14.5 Å². The average molecular weight is 352 g/mol. The molecule has 0 bridgehead atoms. The topological polar surface area (TPSA) is 46.1 Å². The Kier molecular flexibility index (Phi) is 7.56. The van der Waals surface area contributed by atoms with Gasteiger partial charge in [-0.05, 0) is 19.4 Å². The number of nitrogens with zero attached hydrogens (tertiary/aromatic N) is 2. The van der Waals surface area contributed by atoms with E-state index in [0.717, 1.165) is 48.4 Å². The number of ether oxygens (including phenoxy) is 2. The molecule has 1 atom stereocenters. The fraction of sp³-hybridized carbons (Fsp3) is 0.611. The summed E-state index contributed by atoms with van der Waals surface area (Å²) in [5, 5.41) is 4.12. The number of guanidine groups is 1. The summed E-state index contributed by atoms with van der Waals surface area (Å²) < 4.78 is 10.9. The van der Waals surface area contributed by atoms with Crippen molar-refractivity contribution in [2.75, 3.05) is 39.6 Å². The molecule has 0 saturated carbocycles. The molecular weight excluding hydrogens is 322 g/mol. The summed E-state index contributed by atoms with van der Waals surface area (Å²) >= 11 is 2.07. The Hall–Kier alpha value is -1.56. The van der Waals surface area contributed by atoms with Gasteiger partial charge in [-0.2, -0.15) is 11.8 Å². The number of para-hydroxylation sites is 1. The fourth-order valence-electron chi connectivity index (χ4n) is 2.82. The SMILES string of the molecule is CCNC(=NCc1cccc(OC)c1OC)N1CCSC(CC)C1. The molecule has 134 valence electrons. The molecule has 6 heteroatoms. The van der Waals surface area contributed by atoms with Crippen molar-refractivity contribution in [1.29, 1.82) is 0 Å². The maximum absolute atomic E-state index is 5.51. The van der Waals surface area contributed by atoms with Crippen LogP contribution in [0.1, 0.15) is 25.8 Å². The maximum Gasteiger partial charge on any atom is 0.194 e. The summed E-state index contributed by atoms with van der Waals surface area (Å²) in [6, 6.07) is 5.92. The Morgan fingerprint density at radius 3 is 2.83 bits per heavy atom. The molecule has 0 radical (unpaired) electrons. The third-order valence-corrected chi connectivity index (χ3v) is 5.48. The molecule has 1 saturated heterocycles. The second kappa shape index (κ2) is 9.67. The highest BCUT2D eigenvalue weighted by Crippen LogP contribution is 2.31. The molecule has 1 aliphatic rings. The molecule has 0 aliphatic carbocycles. The van der Waals surface area contributed by atoms with E-state index in [9.17, 15) is 0 Å². The fourth-order valence-corrected chi connectivity index (χ4v) is 4.00. The van der Waals surface area contributed by atoms with E-state index in [2.05, 4.69) is 35.8 Å². The Labute approximate surface area is 149 Å². The van der Waals surface area contributed by atoms with Crippen LogP contribution in [0.5, 0.6) is 11.5 Å². The molecule has 24 heavy (non-hydrogen) atoms. The standard InChI is InChI=1S/C18H29N3O2S/c1-5-15-13-21(10-11-24-15)18(19-6-2)20-12-14-8-7-9-16(22-3)17(14)23-4/h7-9,15H,5-6,10-13H2,1-4H3,(H,19,20). The van der Waals surface area contributed by atoms with E-state index >= 15 is 0 Å². The Morgan fingerprint density at radius 1 is 1.33 bits per heavy atom. The van der Waals surface area contributed by atoms with Crippen LogP contribution in [0.15, 0.2) is 23.2 Å². The van der Waals surface area contributed by atoms with Crippen molar-refractivity contribution in [2.45, 2.75) is 32.1 Å². The van der Waals surface area contributed by atoms with Crippen molar-refractivity contribution in [2.24, 2.45) is 4.99 Å². The largest absolute Gasteiger partial charge is 0.493 e. The van der Waals surface area contributed by atoms with Crippen LogP contribution < -0.4 is 14.8 Å². The molecule has 1 unspecified atom stereocenters. The molecule has 1 fully saturated rings. The lowest BCUT2D eigenvalue weighted by molar-refractivity contribution is 0.351. The quantitative estimate of drug-likeness (QED) is 0.631. The van der Waals surface area contributed by atoms with Gasteiger partial charge in [0.2, 0.25) is 0 Å².